The fraction of sp³-hybridized carbons (Fsp3) is 0.409. The van der Waals surface area contributed by atoms with Crippen molar-refractivity contribution in [1.29, 1.82) is 0 Å². The second kappa shape index (κ2) is 9.38. The van der Waals surface area contributed by atoms with E-state index in [4.69, 9.17) is 9.15 Å². The van der Waals surface area contributed by atoms with E-state index in [1.54, 1.807) is 0 Å². The smallest absolute Gasteiger partial charge is 0.408 e. The second-order valence-electron chi connectivity index (χ2n) is 8.26. The van der Waals surface area contributed by atoms with E-state index in [9.17, 15) is 4.79 Å². The van der Waals surface area contributed by atoms with Gasteiger partial charge in [0.25, 0.3) is 5.22 Å². The third-order valence-electron chi connectivity index (χ3n) is 4.21. The van der Waals surface area contributed by atoms with Crippen LogP contribution in [-0.4, -0.2) is 32.6 Å². The third kappa shape index (κ3) is 6.13. The molecule has 0 aliphatic rings. The van der Waals surface area contributed by atoms with Crippen LogP contribution in [0.5, 0.6) is 0 Å². The minimum absolute atomic E-state index is 0.353. The fourth-order valence-corrected chi connectivity index (χ4v) is 3.67. The van der Waals surface area contributed by atoms with Gasteiger partial charge in [-0.3, -0.25) is 0 Å². The van der Waals surface area contributed by atoms with Gasteiger partial charge in [-0.2, -0.15) is 0 Å². The van der Waals surface area contributed by atoms with Crippen molar-refractivity contribution in [3.05, 3.63) is 53.6 Å². The number of benzene rings is 1. The first kappa shape index (κ1) is 22.0. The molecule has 8 heteroatoms. The van der Waals surface area contributed by atoms with Gasteiger partial charge in [-0.25, -0.2) is 4.79 Å². The van der Waals surface area contributed by atoms with Crippen molar-refractivity contribution in [1.82, 2.24) is 20.5 Å². The van der Waals surface area contributed by atoms with Gasteiger partial charge in [-0.05, 0) is 46.2 Å². The molecular formula is C22H28N4O3S. The number of ether oxygens (including phenoxy) is 1. The summed E-state index contributed by atoms with van der Waals surface area (Å²) in [6.07, 6.45) is 4.00. The normalized spacial score (nSPS) is 12.6. The number of rotatable bonds is 7. The molecule has 0 aliphatic heterocycles. The van der Waals surface area contributed by atoms with Crippen LogP contribution in [0.3, 0.4) is 0 Å². The summed E-state index contributed by atoms with van der Waals surface area (Å²) in [5.41, 5.74) is 2.71. The quantitative estimate of drug-likeness (QED) is 0.386. The topological polar surface area (TPSA) is 93.0 Å². The summed E-state index contributed by atoms with van der Waals surface area (Å²) in [6, 6.07) is 7.51. The number of carbonyl (C=O) groups is 1. The lowest BCUT2D eigenvalue weighted by Crippen LogP contribution is -2.36. The van der Waals surface area contributed by atoms with Crippen LogP contribution in [0.4, 0.5) is 4.79 Å². The summed E-state index contributed by atoms with van der Waals surface area (Å²) in [7, 11) is 0. The van der Waals surface area contributed by atoms with Crippen LogP contribution in [0.15, 0.2) is 51.8 Å². The van der Waals surface area contributed by atoms with E-state index < -0.39 is 17.7 Å². The zero-order valence-electron chi connectivity index (χ0n) is 18.0. The Morgan fingerprint density at radius 3 is 2.80 bits per heavy atom. The van der Waals surface area contributed by atoms with Gasteiger partial charge in [-0.1, -0.05) is 41.6 Å². The lowest BCUT2D eigenvalue weighted by molar-refractivity contribution is 0.0494. The van der Waals surface area contributed by atoms with Crippen molar-refractivity contribution in [2.45, 2.75) is 57.9 Å². The van der Waals surface area contributed by atoms with Gasteiger partial charge in [-0.15, -0.1) is 10.2 Å². The molecular weight excluding hydrogens is 400 g/mol. The van der Waals surface area contributed by atoms with Gasteiger partial charge in [0.15, 0.2) is 0 Å². The molecule has 0 spiro atoms. The Morgan fingerprint density at radius 2 is 2.07 bits per heavy atom. The number of para-hydroxylation sites is 1. The van der Waals surface area contributed by atoms with Crippen LogP contribution in [0.1, 0.15) is 52.1 Å². The number of carbonyl (C=O) groups excluding carboxylic acids is 1. The fourth-order valence-electron chi connectivity index (χ4n) is 2.87. The zero-order valence-corrected chi connectivity index (χ0v) is 18.8. The second-order valence-corrected chi connectivity index (χ2v) is 9.23. The van der Waals surface area contributed by atoms with Gasteiger partial charge in [0.1, 0.15) is 11.6 Å². The molecule has 2 N–H and O–H groups in total. The number of fused-ring (bicyclic) bond motifs is 1. The molecule has 160 valence electrons. The Labute approximate surface area is 180 Å². The molecule has 1 atom stereocenters. The highest BCUT2D eigenvalue weighted by Crippen LogP contribution is 2.26. The molecule has 1 amide bonds. The highest BCUT2D eigenvalue weighted by molar-refractivity contribution is 7.99. The average Bonchev–Trinajstić information content (AvgIpc) is 3.27. The number of hydrogen-bond donors (Lipinski definition) is 2. The van der Waals surface area contributed by atoms with Crippen molar-refractivity contribution in [3.63, 3.8) is 0 Å². The van der Waals surface area contributed by atoms with Crippen LogP contribution in [0.25, 0.3) is 10.9 Å². The number of nitrogens with one attached hydrogen (secondary N) is 2. The Balaban J connectivity index is 1.81. The Hall–Kier alpha value is -2.74. The molecule has 7 nitrogen and oxygen atoms in total. The molecule has 2 aromatic heterocycles. The van der Waals surface area contributed by atoms with Crippen molar-refractivity contribution in [2.75, 3.05) is 5.75 Å². The molecule has 0 bridgehead atoms. The molecule has 3 aromatic rings. The first-order valence-corrected chi connectivity index (χ1v) is 10.8. The first-order chi connectivity index (χ1) is 14.2. The molecule has 0 radical (unpaired) electrons. The summed E-state index contributed by atoms with van der Waals surface area (Å²) < 4.78 is 11.3. The van der Waals surface area contributed by atoms with E-state index in [2.05, 4.69) is 26.6 Å². The minimum atomic E-state index is -0.602. The molecule has 0 aliphatic carbocycles. The maximum atomic E-state index is 12.4. The lowest BCUT2D eigenvalue weighted by atomic mass is 10.1. The summed E-state index contributed by atoms with van der Waals surface area (Å²) >= 11 is 1.46. The Kier molecular flexibility index (Phi) is 6.87. The maximum absolute atomic E-state index is 12.4. The predicted molar refractivity (Wildman–Crippen MR) is 119 cm³/mol. The summed E-state index contributed by atoms with van der Waals surface area (Å²) in [4.78, 5) is 15.7. The number of amides is 1. The molecule has 3 rings (SSSR count). The summed E-state index contributed by atoms with van der Waals surface area (Å²) in [6.45, 7) is 9.56. The van der Waals surface area contributed by atoms with Gasteiger partial charge < -0.3 is 19.5 Å². The van der Waals surface area contributed by atoms with E-state index in [0.29, 0.717) is 17.5 Å². The molecule has 0 saturated heterocycles. The average molecular weight is 429 g/mol. The molecule has 0 fully saturated rings. The lowest BCUT2D eigenvalue weighted by Gasteiger charge is -2.22. The molecule has 0 unspecified atom stereocenters. The Morgan fingerprint density at radius 1 is 1.30 bits per heavy atom. The van der Waals surface area contributed by atoms with Gasteiger partial charge in [0, 0.05) is 29.3 Å². The highest BCUT2D eigenvalue weighted by atomic mass is 32.2. The largest absolute Gasteiger partial charge is 0.444 e. The number of aromatic nitrogens is 3. The number of thioether (sulfide) groups is 1. The van der Waals surface area contributed by atoms with E-state index >= 15 is 0 Å². The third-order valence-corrected chi connectivity index (χ3v) is 4.95. The number of allylic oxidation sites excluding steroid dienone is 1. The zero-order chi connectivity index (χ0) is 21.7. The van der Waals surface area contributed by atoms with Gasteiger partial charge >= 0.3 is 6.09 Å². The van der Waals surface area contributed by atoms with Crippen LogP contribution >= 0.6 is 11.8 Å². The first-order valence-electron chi connectivity index (χ1n) is 9.85. The number of aromatic amines is 1. The summed E-state index contributed by atoms with van der Waals surface area (Å²) in [5.74, 6) is 1.10. The minimum Gasteiger partial charge on any atom is -0.444 e. The predicted octanol–water partition coefficient (Wildman–Crippen LogP) is 5.42. The van der Waals surface area contributed by atoms with Gasteiger partial charge in [0.05, 0.1) is 0 Å². The number of hydrogen-bond acceptors (Lipinski definition) is 6. The van der Waals surface area contributed by atoms with E-state index in [0.717, 1.165) is 22.2 Å². The SMILES string of the molecule is CC(C)=CCSc1nnc([C@H](Cc2c[nH]c3ccccc23)NC(=O)OC(C)(C)C)o1. The van der Waals surface area contributed by atoms with Crippen LogP contribution in [0.2, 0.25) is 0 Å². The molecule has 0 saturated carbocycles. The number of nitrogens with zero attached hydrogens (tertiary/aromatic N) is 2. The standard InChI is InChI=1S/C22H28N4O3S/c1-14(2)10-11-30-21-26-25-19(28-21)18(24-20(27)29-22(3,4)5)12-15-13-23-17-9-7-6-8-16(15)17/h6-10,13,18,23H,11-12H2,1-5H3,(H,24,27)/t18-/m0/s1. The van der Waals surface area contributed by atoms with E-state index in [-0.39, 0.29) is 0 Å². The maximum Gasteiger partial charge on any atom is 0.408 e. The van der Waals surface area contributed by atoms with Crippen LogP contribution in [-0.2, 0) is 11.2 Å². The van der Waals surface area contributed by atoms with Crippen LogP contribution in [0, 0.1) is 0 Å². The molecule has 1 aromatic carbocycles. The van der Waals surface area contributed by atoms with E-state index in [1.807, 2.05) is 65.1 Å². The molecule has 30 heavy (non-hydrogen) atoms. The van der Waals surface area contributed by atoms with Crippen molar-refractivity contribution < 1.29 is 13.9 Å². The van der Waals surface area contributed by atoms with Crippen molar-refractivity contribution in [2.24, 2.45) is 0 Å². The number of H-pyrrole nitrogens is 1. The Bertz CT molecular complexity index is 1030. The van der Waals surface area contributed by atoms with Crippen LogP contribution < -0.4 is 5.32 Å². The van der Waals surface area contributed by atoms with E-state index in [1.165, 1.54) is 17.3 Å². The monoisotopic (exact) mass is 428 g/mol. The van der Waals surface area contributed by atoms with Crippen molar-refractivity contribution >= 4 is 28.8 Å². The number of alkyl carbamates (subject to hydrolysis) is 1. The summed E-state index contributed by atoms with van der Waals surface area (Å²) in [5, 5.41) is 12.8. The van der Waals surface area contributed by atoms with Crippen molar-refractivity contribution in [3.8, 4) is 0 Å². The molecule has 2 heterocycles. The highest BCUT2D eigenvalue weighted by Gasteiger charge is 2.26. The van der Waals surface area contributed by atoms with Gasteiger partial charge in [0.2, 0.25) is 5.89 Å².